The van der Waals surface area contributed by atoms with Crippen LogP contribution in [0, 0.1) is 0 Å². The third-order valence-electron chi connectivity index (χ3n) is 5.73. The molecule has 0 bridgehead atoms. The predicted octanol–water partition coefficient (Wildman–Crippen LogP) is 2.75. The number of urea groups is 1. The van der Waals surface area contributed by atoms with E-state index in [-0.39, 0.29) is 12.1 Å². The van der Waals surface area contributed by atoms with Gasteiger partial charge < -0.3 is 14.7 Å². The number of aryl methyl sites for hydroxylation is 1. The number of aromatic nitrogens is 2. The maximum atomic E-state index is 12.7. The van der Waals surface area contributed by atoms with Gasteiger partial charge in [-0.05, 0) is 50.3 Å². The van der Waals surface area contributed by atoms with Crippen LogP contribution in [0.4, 0.5) is 4.79 Å². The first-order valence-corrected chi connectivity index (χ1v) is 10.3. The number of fused-ring (bicyclic) bond motifs is 1. The topological polar surface area (TPSA) is 74.5 Å². The molecule has 1 atom stereocenters. The van der Waals surface area contributed by atoms with E-state index in [1.807, 2.05) is 19.3 Å². The highest BCUT2D eigenvalue weighted by Gasteiger charge is 2.25. The smallest absolute Gasteiger partial charge is 0.317 e. The largest absolute Gasteiger partial charge is 0.361 e. The van der Waals surface area contributed by atoms with Crippen molar-refractivity contribution in [2.75, 3.05) is 20.1 Å². The number of hydrogen-bond donors (Lipinski definition) is 1. The van der Waals surface area contributed by atoms with Gasteiger partial charge in [0.25, 0.3) is 0 Å². The summed E-state index contributed by atoms with van der Waals surface area (Å²) < 4.78 is 5.47. The molecule has 1 fully saturated rings. The number of piperidine rings is 1. The van der Waals surface area contributed by atoms with Crippen LogP contribution in [0.1, 0.15) is 48.3 Å². The van der Waals surface area contributed by atoms with E-state index in [1.54, 1.807) is 11.1 Å². The third kappa shape index (κ3) is 4.52. The van der Waals surface area contributed by atoms with Gasteiger partial charge in [-0.3, -0.25) is 9.88 Å². The summed E-state index contributed by atoms with van der Waals surface area (Å²) >= 11 is 0. The predicted molar refractivity (Wildman–Crippen MR) is 106 cm³/mol. The SMILES string of the molecule is CN(Cc1noc2c1CCCC2)C(=O)N[C@H]1CCCN(Cc2cccnc2)C1. The van der Waals surface area contributed by atoms with Crippen LogP contribution in [0.25, 0.3) is 0 Å². The molecule has 3 heterocycles. The number of pyridine rings is 1. The number of nitrogens with zero attached hydrogens (tertiary/aromatic N) is 4. The minimum Gasteiger partial charge on any atom is -0.361 e. The van der Waals surface area contributed by atoms with Crippen LogP contribution in [-0.2, 0) is 25.9 Å². The van der Waals surface area contributed by atoms with E-state index in [9.17, 15) is 4.79 Å². The molecule has 2 amide bonds. The van der Waals surface area contributed by atoms with E-state index in [0.717, 1.165) is 63.2 Å². The zero-order valence-electron chi connectivity index (χ0n) is 16.6. The molecule has 0 saturated carbocycles. The molecule has 0 radical (unpaired) electrons. The molecule has 2 aromatic rings. The lowest BCUT2D eigenvalue weighted by molar-refractivity contribution is 0.166. The second-order valence-electron chi connectivity index (χ2n) is 7.98. The van der Waals surface area contributed by atoms with Crippen molar-refractivity contribution in [2.45, 2.75) is 57.7 Å². The van der Waals surface area contributed by atoms with E-state index >= 15 is 0 Å². The highest BCUT2D eigenvalue weighted by molar-refractivity contribution is 5.74. The fraction of sp³-hybridized carbons (Fsp3) is 0.571. The number of likely N-dealkylation sites (tertiary alicyclic amines) is 1. The molecular weight excluding hydrogens is 354 g/mol. The van der Waals surface area contributed by atoms with E-state index < -0.39 is 0 Å². The molecule has 2 aromatic heterocycles. The third-order valence-corrected chi connectivity index (χ3v) is 5.73. The van der Waals surface area contributed by atoms with Crippen LogP contribution >= 0.6 is 0 Å². The van der Waals surface area contributed by atoms with Gasteiger partial charge in [-0.2, -0.15) is 0 Å². The fourth-order valence-electron chi connectivity index (χ4n) is 4.22. The number of carbonyl (C=O) groups excluding carboxylic acids is 1. The minimum absolute atomic E-state index is 0.0409. The van der Waals surface area contributed by atoms with Crippen molar-refractivity contribution in [2.24, 2.45) is 0 Å². The summed E-state index contributed by atoms with van der Waals surface area (Å²) in [5.74, 6) is 1.01. The molecule has 2 aliphatic rings. The first-order valence-electron chi connectivity index (χ1n) is 10.3. The molecule has 28 heavy (non-hydrogen) atoms. The van der Waals surface area contributed by atoms with Gasteiger partial charge in [0.2, 0.25) is 0 Å². The molecule has 0 spiro atoms. The summed E-state index contributed by atoms with van der Waals surface area (Å²) in [7, 11) is 1.83. The van der Waals surface area contributed by atoms with Crippen molar-refractivity contribution in [1.29, 1.82) is 0 Å². The van der Waals surface area contributed by atoms with Crippen molar-refractivity contribution in [3.8, 4) is 0 Å². The molecule has 1 N–H and O–H groups in total. The minimum atomic E-state index is -0.0409. The van der Waals surface area contributed by atoms with Gasteiger partial charge in [0, 0.05) is 50.6 Å². The molecule has 0 aromatic carbocycles. The van der Waals surface area contributed by atoms with Crippen LogP contribution in [0.3, 0.4) is 0 Å². The Morgan fingerprint density at radius 1 is 1.36 bits per heavy atom. The van der Waals surface area contributed by atoms with E-state index in [4.69, 9.17) is 4.52 Å². The molecule has 150 valence electrons. The number of nitrogens with one attached hydrogen (secondary N) is 1. The Balaban J connectivity index is 1.29. The fourth-order valence-corrected chi connectivity index (χ4v) is 4.22. The van der Waals surface area contributed by atoms with E-state index in [1.165, 1.54) is 17.5 Å². The Kier molecular flexibility index (Phi) is 5.90. The molecule has 1 aliphatic carbocycles. The van der Waals surface area contributed by atoms with Gasteiger partial charge in [0.05, 0.1) is 6.54 Å². The standard InChI is InChI=1S/C21H29N5O2/c1-25(15-19-18-8-2-3-9-20(18)28-24-19)21(27)23-17-7-5-11-26(14-17)13-16-6-4-10-22-12-16/h4,6,10,12,17H,2-3,5,7-9,11,13-15H2,1H3,(H,23,27)/t17-/m0/s1. The first kappa shape index (κ1) is 18.9. The summed E-state index contributed by atoms with van der Waals surface area (Å²) in [4.78, 5) is 21.0. The van der Waals surface area contributed by atoms with Gasteiger partial charge >= 0.3 is 6.03 Å². The Morgan fingerprint density at radius 3 is 3.11 bits per heavy atom. The van der Waals surface area contributed by atoms with Gasteiger partial charge in [0.1, 0.15) is 11.5 Å². The zero-order valence-corrected chi connectivity index (χ0v) is 16.6. The van der Waals surface area contributed by atoms with Crippen LogP contribution in [-0.4, -0.2) is 52.2 Å². The molecule has 0 unspecified atom stereocenters. The lowest BCUT2D eigenvalue weighted by Gasteiger charge is -2.34. The molecular formula is C21H29N5O2. The van der Waals surface area contributed by atoms with Crippen LogP contribution in [0.2, 0.25) is 0 Å². The zero-order chi connectivity index (χ0) is 19.3. The second kappa shape index (κ2) is 8.73. The van der Waals surface area contributed by atoms with Crippen LogP contribution in [0.15, 0.2) is 29.0 Å². The second-order valence-corrected chi connectivity index (χ2v) is 7.98. The van der Waals surface area contributed by atoms with Crippen molar-refractivity contribution in [3.05, 3.63) is 47.1 Å². The quantitative estimate of drug-likeness (QED) is 0.859. The summed E-state index contributed by atoms with van der Waals surface area (Å²) in [6, 6.07) is 4.20. The molecule has 7 heteroatoms. The maximum absolute atomic E-state index is 12.7. The monoisotopic (exact) mass is 383 g/mol. The number of carbonyl (C=O) groups is 1. The molecule has 4 rings (SSSR count). The average Bonchev–Trinajstić information content (AvgIpc) is 3.12. The molecule has 1 aliphatic heterocycles. The summed E-state index contributed by atoms with van der Waals surface area (Å²) in [5, 5.41) is 7.41. The maximum Gasteiger partial charge on any atom is 0.317 e. The lowest BCUT2D eigenvalue weighted by Crippen LogP contribution is -2.50. The van der Waals surface area contributed by atoms with E-state index in [0.29, 0.717) is 6.54 Å². The molecule has 1 saturated heterocycles. The van der Waals surface area contributed by atoms with Gasteiger partial charge in [-0.25, -0.2) is 4.79 Å². The number of hydrogen-bond acceptors (Lipinski definition) is 5. The van der Waals surface area contributed by atoms with Crippen LogP contribution < -0.4 is 5.32 Å². The average molecular weight is 383 g/mol. The Bertz CT molecular complexity index is 791. The van der Waals surface area contributed by atoms with Crippen molar-refractivity contribution in [1.82, 2.24) is 25.3 Å². The summed E-state index contributed by atoms with van der Waals surface area (Å²) in [5.41, 5.74) is 3.34. The summed E-state index contributed by atoms with van der Waals surface area (Å²) in [6.45, 7) is 3.30. The lowest BCUT2D eigenvalue weighted by atomic mass is 9.96. The Morgan fingerprint density at radius 2 is 2.25 bits per heavy atom. The summed E-state index contributed by atoms with van der Waals surface area (Å²) in [6.07, 6.45) is 10.1. The van der Waals surface area contributed by atoms with Crippen LogP contribution in [0.5, 0.6) is 0 Å². The Labute approximate surface area is 166 Å². The highest BCUT2D eigenvalue weighted by atomic mass is 16.5. The van der Waals surface area contributed by atoms with Crippen molar-refractivity contribution in [3.63, 3.8) is 0 Å². The van der Waals surface area contributed by atoms with Gasteiger partial charge in [-0.1, -0.05) is 11.2 Å². The highest BCUT2D eigenvalue weighted by Crippen LogP contribution is 2.25. The van der Waals surface area contributed by atoms with Gasteiger partial charge in [-0.15, -0.1) is 0 Å². The number of rotatable bonds is 5. The van der Waals surface area contributed by atoms with Gasteiger partial charge in [0.15, 0.2) is 0 Å². The Hall–Kier alpha value is -2.41. The first-order chi connectivity index (χ1) is 13.7. The van der Waals surface area contributed by atoms with Crippen molar-refractivity contribution >= 4 is 6.03 Å². The molecule has 7 nitrogen and oxygen atoms in total. The normalized spacial score (nSPS) is 19.8. The van der Waals surface area contributed by atoms with Crippen molar-refractivity contribution < 1.29 is 9.32 Å². The van der Waals surface area contributed by atoms with E-state index in [2.05, 4.69) is 26.4 Å². The number of amides is 2.